The van der Waals surface area contributed by atoms with Crippen molar-refractivity contribution >= 4 is 0 Å². The summed E-state index contributed by atoms with van der Waals surface area (Å²) in [6, 6.07) is 0. The highest BCUT2D eigenvalue weighted by Gasteiger charge is 2.50. The Bertz CT molecular complexity index is 1190. The Morgan fingerprint density at radius 3 is 1.08 bits per heavy atom. The normalized spacial score (nSPS) is 20.4. The second-order valence-electron chi connectivity index (χ2n) is 24.6. The molecular formula is C54H102O8. The fourth-order valence-corrected chi connectivity index (χ4v) is 9.13. The first kappa shape index (κ1) is 54.3. The average molecular weight is 879 g/mol. The molecule has 4 aliphatic carbocycles. The molecule has 4 rings (SSSR count). The zero-order valence-corrected chi connectivity index (χ0v) is 43.3. The molecule has 0 aromatic rings. The van der Waals surface area contributed by atoms with Crippen LogP contribution in [0.3, 0.4) is 0 Å². The largest absolute Gasteiger partial charge is 0.414 e. The van der Waals surface area contributed by atoms with Gasteiger partial charge in [-0.1, -0.05) is 77.0 Å². The second-order valence-corrected chi connectivity index (χ2v) is 24.6. The molecule has 0 radical (unpaired) electrons. The molecule has 0 N–H and O–H groups in total. The number of ether oxygens (including phenoxy) is 8. The SMILES string of the molecule is CC(CCC1CCC1)OCCC(C)(C)OC(OC(C)COC(C)(C)CCC1CCC1)(OC(C)(C)CCOC(C)(C)CCC1CCC1)OC(C)(C)CCOC(C)(C)CCC1CCC1. The van der Waals surface area contributed by atoms with Gasteiger partial charge in [0, 0.05) is 6.61 Å². The van der Waals surface area contributed by atoms with Crippen LogP contribution in [-0.4, -0.2) is 78.4 Å². The third-order valence-corrected chi connectivity index (χ3v) is 15.1. The summed E-state index contributed by atoms with van der Waals surface area (Å²) in [4.78, 5) is 0. The first-order valence-corrected chi connectivity index (χ1v) is 26.2. The zero-order valence-electron chi connectivity index (χ0n) is 43.3. The highest BCUT2D eigenvalue weighted by atomic mass is 17.0. The van der Waals surface area contributed by atoms with Crippen LogP contribution in [0.5, 0.6) is 0 Å². The van der Waals surface area contributed by atoms with Gasteiger partial charge >= 0.3 is 6.16 Å². The Hall–Kier alpha value is -0.320. The molecule has 0 bridgehead atoms. The molecule has 0 amide bonds. The van der Waals surface area contributed by atoms with Crippen LogP contribution >= 0.6 is 0 Å². The van der Waals surface area contributed by atoms with E-state index in [4.69, 9.17) is 37.9 Å². The number of rotatable bonds is 35. The smallest absolute Gasteiger partial charge is 0.378 e. The molecule has 8 heteroatoms. The van der Waals surface area contributed by atoms with Gasteiger partial charge in [-0.2, -0.15) is 0 Å². The van der Waals surface area contributed by atoms with Gasteiger partial charge in [-0.25, -0.2) is 0 Å². The van der Waals surface area contributed by atoms with E-state index in [1.165, 1.54) is 103 Å². The van der Waals surface area contributed by atoms with Crippen LogP contribution in [0.4, 0.5) is 0 Å². The van der Waals surface area contributed by atoms with Crippen molar-refractivity contribution in [3.63, 3.8) is 0 Å². The minimum Gasteiger partial charge on any atom is -0.378 e. The Balaban J connectivity index is 1.51. The van der Waals surface area contributed by atoms with Gasteiger partial charge in [-0.05, 0) is 191 Å². The van der Waals surface area contributed by atoms with Gasteiger partial charge in [-0.15, -0.1) is 0 Å². The molecule has 0 heterocycles. The number of hydrogen-bond donors (Lipinski definition) is 0. The summed E-state index contributed by atoms with van der Waals surface area (Å²) in [5.74, 6) is 3.44. The number of hydrogen-bond acceptors (Lipinski definition) is 8. The highest BCUT2D eigenvalue weighted by Crippen LogP contribution is 2.40. The molecule has 2 atom stereocenters. The Kier molecular flexibility index (Phi) is 21.1. The standard InChI is InChI=1S/C54H102O8/c1-42(27-28-44-19-15-20-44)55-38-35-51(9,10)60-54(59-43(2)41-58-50(7,8)34-31-47-25-18-26-47,61-52(11,12)36-39-56-48(3,4)32-29-45-21-16-22-45)62-53(13,14)37-40-57-49(5,6)33-30-46-23-17-24-46/h42-47H,15-41H2,1-14H3. The monoisotopic (exact) mass is 879 g/mol. The lowest BCUT2D eigenvalue weighted by molar-refractivity contribution is -0.558. The Labute approximate surface area is 383 Å². The molecule has 0 aromatic carbocycles. The molecule has 366 valence electrons. The van der Waals surface area contributed by atoms with Crippen molar-refractivity contribution in [3.05, 3.63) is 0 Å². The summed E-state index contributed by atoms with van der Waals surface area (Å²) in [6.45, 7) is 32.3. The predicted octanol–water partition coefficient (Wildman–Crippen LogP) is 14.7. The molecule has 4 saturated carbocycles. The van der Waals surface area contributed by atoms with Crippen LogP contribution in [0, 0.1) is 23.7 Å². The van der Waals surface area contributed by atoms with E-state index >= 15 is 0 Å². The maximum Gasteiger partial charge on any atom is 0.414 e. The molecule has 4 aliphatic rings. The fraction of sp³-hybridized carbons (Fsp3) is 1.00. The Morgan fingerprint density at radius 1 is 0.387 bits per heavy atom. The van der Waals surface area contributed by atoms with Crippen LogP contribution < -0.4 is 0 Å². The quantitative estimate of drug-likeness (QED) is 0.0583. The van der Waals surface area contributed by atoms with Crippen molar-refractivity contribution in [1.29, 1.82) is 0 Å². The third-order valence-electron chi connectivity index (χ3n) is 15.1. The van der Waals surface area contributed by atoms with Crippen LogP contribution in [-0.2, 0) is 37.9 Å². The van der Waals surface area contributed by atoms with Crippen LogP contribution in [0.2, 0.25) is 0 Å². The van der Waals surface area contributed by atoms with Crippen molar-refractivity contribution in [2.24, 2.45) is 23.7 Å². The van der Waals surface area contributed by atoms with Gasteiger partial charge in [0.25, 0.3) is 0 Å². The van der Waals surface area contributed by atoms with Crippen LogP contribution in [0.15, 0.2) is 0 Å². The first-order chi connectivity index (χ1) is 28.8. The molecule has 0 aromatic heterocycles. The van der Waals surface area contributed by atoms with Crippen molar-refractivity contribution < 1.29 is 37.9 Å². The second kappa shape index (κ2) is 24.1. The third kappa shape index (κ3) is 21.1. The van der Waals surface area contributed by atoms with Gasteiger partial charge in [0.05, 0.1) is 65.6 Å². The van der Waals surface area contributed by atoms with Crippen LogP contribution in [0.1, 0.15) is 245 Å². The summed E-state index contributed by atoms with van der Waals surface area (Å²) >= 11 is 0. The van der Waals surface area contributed by atoms with E-state index < -0.39 is 29.1 Å². The topological polar surface area (TPSA) is 73.8 Å². The van der Waals surface area contributed by atoms with Crippen molar-refractivity contribution in [2.45, 2.75) is 297 Å². The van der Waals surface area contributed by atoms with Gasteiger partial charge < -0.3 is 18.9 Å². The van der Waals surface area contributed by atoms with E-state index in [0.717, 1.165) is 49.4 Å². The molecule has 8 nitrogen and oxygen atoms in total. The maximum absolute atomic E-state index is 7.20. The highest BCUT2D eigenvalue weighted by molar-refractivity contribution is 4.82. The van der Waals surface area contributed by atoms with Crippen molar-refractivity contribution in [1.82, 2.24) is 0 Å². The lowest BCUT2D eigenvalue weighted by atomic mass is 9.80. The average Bonchev–Trinajstić information content (AvgIpc) is 3.03. The Morgan fingerprint density at radius 2 is 0.726 bits per heavy atom. The summed E-state index contributed by atoms with van der Waals surface area (Å²) in [5, 5.41) is 0. The van der Waals surface area contributed by atoms with E-state index in [1.54, 1.807) is 0 Å². The molecule has 0 spiro atoms. The molecule has 4 fully saturated rings. The van der Waals surface area contributed by atoms with E-state index in [2.05, 4.69) is 90.0 Å². The van der Waals surface area contributed by atoms with Gasteiger partial charge in [0.1, 0.15) is 0 Å². The lowest BCUT2D eigenvalue weighted by Gasteiger charge is -2.47. The summed E-state index contributed by atoms with van der Waals surface area (Å²) in [7, 11) is 0. The molecule has 0 aliphatic heterocycles. The predicted molar refractivity (Wildman–Crippen MR) is 254 cm³/mol. The van der Waals surface area contributed by atoms with Crippen molar-refractivity contribution in [3.8, 4) is 0 Å². The van der Waals surface area contributed by atoms with E-state index in [0.29, 0.717) is 45.7 Å². The molecule has 2 unspecified atom stereocenters. The minimum absolute atomic E-state index is 0.200. The maximum atomic E-state index is 7.20. The molecule has 0 saturated heterocycles. The molecule has 62 heavy (non-hydrogen) atoms. The van der Waals surface area contributed by atoms with Gasteiger partial charge in [-0.3, -0.25) is 18.9 Å². The zero-order chi connectivity index (χ0) is 45.7. The van der Waals surface area contributed by atoms with Gasteiger partial charge in [0.2, 0.25) is 0 Å². The van der Waals surface area contributed by atoms with E-state index in [-0.39, 0.29) is 22.9 Å². The summed E-state index contributed by atoms with van der Waals surface area (Å²) < 4.78 is 54.9. The summed E-state index contributed by atoms with van der Waals surface area (Å²) in [5.41, 5.74) is -2.85. The summed E-state index contributed by atoms with van der Waals surface area (Å²) in [6.07, 6.45) is 25.5. The minimum atomic E-state index is -1.86. The first-order valence-electron chi connectivity index (χ1n) is 26.2. The van der Waals surface area contributed by atoms with Gasteiger partial charge in [0.15, 0.2) is 0 Å². The molecular weight excluding hydrogens is 777 g/mol. The van der Waals surface area contributed by atoms with E-state index in [9.17, 15) is 0 Å². The fourth-order valence-electron chi connectivity index (χ4n) is 9.13. The lowest BCUT2D eigenvalue weighted by Crippen LogP contribution is -2.57. The van der Waals surface area contributed by atoms with Crippen LogP contribution in [0.25, 0.3) is 0 Å². The van der Waals surface area contributed by atoms with E-state index in [1.807, 2.05) is 6.92 Å². The van der Waals surface area contributed by atoms with Crippen molar-refractivity contribution in [2.75, 3.05) is 26.4 Å².